The highest BCUT2D eigenvalue weighted by Gasteiger charge is 2.18. The number of rotatable bonds is 11. The summed E-state index contributed by atoms with van der Waals surface area (Å²) in [5, 5.41) is 3.59. The van der Waals surface area contributed by atoms with Crippen molar-refractivity contribution in [3.63, 3.8) is 0 Å². The van der Waals surface area contributed by atoms with Crippen molar-refractivity contribution in [2.45, 2.75) is 32.5 Å². The van der Waals surface area contributed by atoms with E-state index in [1.54, 1.807) is 6.20 Å². The van der Waals surface area contributed by atoms with Crippen molar-refractivity contribution in [2.75, 3.05) is 26.1 Å². The first kappa shape index (κ1) is 24.4. The maximum absolute atomic E-state index is 13.1. The van der Waals surface area contributed by atoms with Crippen LogP contribution in [0.4, 0.5) is 0 Å². The summed E-state index contributed by atoms with van der Waals surface area (Å²) in [5.41, 5.74) is 2.71. The van der Waals surface area contributed by atoms with Gasteiger partial charge >= 0.3 is 0 Å². The minimum absolute atomic E-state index is 0.258. The molecule has 2 aromatic carbocycles. The van der Waals surface area contributed by atoms with Gasteiger partial charge in [-0.2, -0.15) is 0 Å². The quantitative estimate of drug-likeness (QED) is 0.314. The summed E-state index contributed by atoms with van der Waals surface area (Å²) in [7, 11) is 0. The molecule has 0 spiro atoms. The van der Waals surface area contributed by atoms with E-state index in [9.17, 15) is 4.79 Å². The number of hydrogen-bond acceptors (Lipinski definition) is 7. The van der Waals surface area contributed by atoms with Gasteiger partial charge < -0.3 is 19.5 Å². The number of aromatic nitrogens is 2. The summed E-state index contributed by atoms with van der Waals surface area (Å²) in [4.78, 5) is 22.0. The maximum atomic E-state index is 13.1. The van der Waals surface area contributed by atoms with Crippen LogP contribution in [0, 0.1) is 0 Å². The minimum Gasteiger partial charge on any atom is -0.490 e. The third-order valence-corrected chi connectivity index (χ3v) is 5.22. The van der Waals surface area contributed by atoms with Crippen molar-refractivity contribution in [3.8, 4) is 28.5 Å². The molecule has 33 heavy (non-hydrogen) atoms. The van der Waals surface area contributed by atoms with E-state index in [0.717, 1.165) is 11.1 Å². The van der Waals surface area contributed by atoms with Crippen LogP contribution >= 0.6 is 11.8 Å². The van der Waals surface area contributed by atoms with E-state index in [1.165, 1.54) is 11.8 Å². The molecule has 0 saturated heterocycles. The molecule has 1 aromatic heterocycles. The van der Waals surface area contributed by atoms with Gasteiger partial charge in [0.15, 0.2) is 16.7 Å². The molecular weight excluding hydrogens is 438 g/mol. The molecule has 0 saturated carbocycles. The minimum atomic E-state index is -0.258. The molecule has 0 unspecified atom stereocenters. The summed E-state index contributed by atoms with van der Waals surface area (Å²) in [6, 6.07) is 13.4. The third kappa shape index (κ3) is 6.16. The van der Waals surface area contributed by atoms with E-state index in [2.05, 4.69) is 15.3 Å². The molecule has 1 heterocycles. The second kappa shape index (κ2) is 12.1. The van der Waals surface area contributed by atoms with Gasteiger partial charge in [-0.25, -0.2) is 9.97 Å². The maximum Gasteiger partial charge on any atom is 0.255 e. The van der Waals surface area contributed by atoms with E-state index in [0.29, 0.717) is 53.5 Å². The third-order valence-electron chi connectivity index (χ3n) is 4.66. The molecule has 3 aromatic rings. The van der Waals surface area contributed by atoms with Gasteiger partial charge in [-0.1, -0.05) is 42.1 Å². The molecule has 0 aliphatic rings. The van der Waals surface area contributed by atoms with Gasteiger partial charge in [0.05, 0.1) is 31.1 Å². The Morgan fingerprint density at radius 3 is 2.18 bits per heavy atom. The summed E-state index contributed by atoms with van der Waals surface area (Å²) < 4.78 is 17.3. The standard InChI is InChI=1S/C25H29N3O4S/c1-5-30-20-13-17(14-21(31-6-2)23(20)32-7-3)15-26-24(29)19-16-27-25(33-4)28-22(19)18-11-9-8-10-12-18/h8-14,16H,5-7,15H2,1-4H3,(H,26,29). The molecule has 0 fully saturated rings. The first-order chi connectivity index (χ1) is 16.1. The Morgan fingerprint density at radius 1 is 0.970 bits per heavy atom. The topological polar surface area (TPSA) is 82.6 Å². The number of amides is 1. The number of carbonyl (C=O) groups is 1. The van der Waals surface area contributed by atoms with Crippen molar-refractivity contribution in [1.82, 2.24) is 15.3 Å². The zero-order chi connectivity index (χ0) is 23.6. The van der Waals surface area contributed by atoms with E-state index in [1.807, 2.05) is 69.5 Å². The van der Waals surface area contributed by atoms with Crippen molar-refractivity contribution >= 4 is 17.7 Å². The Morgan fingerprint density at radius 2 is 1.61 bits per heavy atom. The van der Waals surface area contributed by atoms with Gasteiger partial charge in [0.2, 0.25) is 5.75 Å². The van der Waals surface area contributed by atoms with Crippen molar-refractivity contribution < 1.29 is 19.0 Å². The second-order valence-electron chi connectivity index (χ2n) is 6.89. The summed E-state index contributed by atoms with van der Waals surface area (Å²) in [5.74, 6) is 1.49. The van der Waals surface area contributed by atoms with E-state index >= 15 is 0 Å². The molecule has 0 radical (unpaired) electrons. The van der Waals surface area contributed by atoms with Crippen molar-refractivity contribution in [3.05, 3.63) is 59.8 Å². The van der Waals surface area contributed by atoms with Crippen LogP contribution in [0.3, 0.4) is 0 Å². The van der Waals surface area contributed by atoms with Crippen LogP contribution in [-0.2, 0) is 6.54 Å². The average Bonchev–Trinajstić information content (AvgIpc) is 2.85. The second-order valence-corrected chi connectivity index (χ2v) is 7.66. The van der Waals surface area contributed by atoms with Crippen LogP contribution in [0.1, 0.15) is 36.7 Å². The predicted molar refractivity (Wildman–Crippen MR) is 130 cm³/mol. The lowest BCUT2D eigenvalue weighted by molar-refractivity contribution is 0.0950. The lowest BCUT2D eigenvalue weighted by Gasteiger charge is -2.17. The zero-order valence-electron chi connectivity index (χ0n) is 19.4. The first-order valence-corrected chi connectivity index (χ1v) is 12.1. The molecule has 0 aliphatic heterocycles. The normalized spacial score (nSPS) is 10.5. The van der Waals surface area contributed by atoms with Gasteiger partial charge in [-0.15, -0.1) is 0 Å². The number of thioether (sulfide) groups is 1. The van der Waals surface area contributed by atoms with Crippen LogP contribution in [-0.4, -0.2) is 42.0 Å². The Kier molecular flexibility index (Phi) is 8.95. The molecule has 0 bridgehead atoms. The molecule has 1 N–H and O–H groups in total. The van der Waals surface area contributed by atoms with Gasteiger partial charge in [0.1, 0.15) is 0 Å². The van der Waals surface area contributed by atoms with Crippen molar-refractivity contribution in [1.29, 1.82) is 0 Å². The van der Waals surface area contributed by atoms with Crippen LogP contribution in [0.25, 0.3) is 11.3 Å². The largest absolute Gasteiger partial charge is 0.490 e. The molecule has 3 rings (SSSR count). The summed E-state index contributed by atoms with van der Waals surface area (Å²) in [6.07, 6.45) is 3.48. The van der Waals surface area contributed by atoms with Gasteiger partial charge in [-0.3, -0.25) is 4.79 Å². The number of ether oxygens (including phenoxy) is 3. The van der Waals surface area contributed by atoms with Gasteiger partial charge in [0.25, 0.3) is 5.91 Å². The number of nitrogens with zero attached hydrogens (tertiary/aromatic N) is 2. The molecule has 174 valence electrons. The highest BCUT2D eigenvalue weighted by molar-refractivity contribution is 7.98. The van der Waals surface area contributed by atoms with Crippen molar-refractivity contribution in [2.24, 2.45) is 0 Å². The van der Waals surface area contributed by atoms with Gasteiger partial charge in [-0.05, 0) is 44.7 Å². The predicted octanol–water partition coefficient (Wildman–Crippen LogP) is 4.99. The van der Waals surface area contributed by atoms with E-state index in [-0.39, 0.29) is 12.5 Å². The van der Waals surface area contributed by atoms with Crippen LogP contribution in [0.15, 0.2) is 53.8 Å². The fourth-order valence-corrected chi connectivity index (χ4v) is 3.61. The lowest BCUT2D eigenvalue weighted by atomic mass is 10.1. The Balaban J connectivity index is 1.88. The zero-order valence-corrected chi connectivity index (χ0v) is 20.2. The average molecular weight is 468 g/mol. The van der Waals surface area contributed by atoms with Crippen LogP contribution < -0.4 is 19.5 Å². The lowest BCUT2D eigenvalue weighted by Crippen LogP contribution is -2.24. The summed E-state index contributed by atoms with van der Waals surface area (Å²) in [6.45, 7) is 7.48. The Hall–Kier alpha value is -3.26. The SMILES string of the molecule is CCOc1cc(CNC(=O)c2cnc(SC)nc2-c2ccccc2)cc(OCC)c1OCC. The number of hydrogen-bond donors (Lipinski definition) is 1. The highest BCUT2D eigenvalue weighted by Crippen LogP contribution is 2.39. The summed E-state index contributed by atoms with van der Waals surface area (Å²) >= 11 is 1.43. The number of nitrogens with one attached hydrogen (secondary N) is 1. The fourth-order valence-electron chi connectivity index (χ4n) is 3.27. The van der Waals surface area contributed by atoms with E-state index < -0.39 is 0 Å². The molecule has 0 atom stereocenters. The van der Waals surface area contributed by atoms with Crippen LogP contribution in [0.2, 0.25) is 0 Å². The Labute approximate surface area is 198 Å². The molecule has 8 heteroatoms. The number of carbonyl (C=O) groups excluding carboxylic acids is 1. The smallest absolute Gasteiger partial charge is 0.255 e. The van der Waals surface area contributed by atoms with Crippen LogP contribution in [0.5, 0.6) is 17.2 Å². The fraction of sp³-hybridized carbons (Fsp3) is 0.320. The molecule has 1 amide bonds. The first-order valence-electron chi connectivity index (χ1n) is 10.9. The van der Waals surface area contributed by atoms with E-state index in [4.69, 9.17) is 14.2 Å². The molecular formula is C25H29N3O4S. The monoisotopic (exact) mass is 467 g/mol. The number of benzene rings is 2. The molecule has 0 aliphatic carbocycles. The Bertz CT molecular complexity index is 1050. The highest BCUT2D eigenvalue weighted by atomic mass is 32.2. The molecule has 7 nitrogen and oxygen atoms in total. The van der Waals surface area contributed by atoms with Gasteiger partial charge in [0, 0.05) is 18.3 Å².